The van der Waals surface area contributed by atoms with Crippen molar-refractivity contribution in [3.05, 3.63) is 0 Å². The van der Waals surface area contributed by atoms with Crippen molar-refractivity contribution < 1.29 is 79.1 Å². The summed E-state index contributed by atoms with van der Waals surface area (Å²) < 4.78 is 219. The molecule has 0 radical (unpaired) electrons. The summed E-state index contributed by atoms with van der Waals surface area (Å²) in [6.45, 7) is 0.347. The summed E-state index contributed by atoms with van der Waals surface area (Å²) >= 11 is -1.51. The third-order valence-corrected chi connectivity index (χ3v) is 8.86. The van der Waals surface area contributed by atoms with Crippen LogP contribution in [0.4, 0.5) is 65.9 Å². The molecule has 3 nitrogen and oxygen atoms in total. The van der Waals surface area contributed by atoms with Crippen molar-refractivity contribution in [1.29, 1.82) is 0 Å². The zero-order valence-electron chi connectivity index (χ0n) is 18.0. The van der Waals surface area contributed by atoms with Gasteiger partial charge in [0.15, 0.2) is 6.17 Å². The smallest absolute Gasteiger partial charge is 0.377 e. The quantitative estimate of drug-likeness (QED) is 0.155. The molecule has 35 heavy (non-hydrogen) atoms. The Bertz CT molecular complexity index is 695. The van der Waals surface area contributed by atoms with Crippen molar-refractivity contribution in [3.63, 3.8) is 0 Å². The van der Waals surface area contributed by atoms with Crippen LogP contribution < -0.4 is 0 Å². The van der Waals surface area contributed by atoms with E-state index in [1.807, 2.05) is 0 Å². The molecule has 0 N–H and O–H groups in total. The highest BCUT2D eigenvalue weighted by Crippen LogP contribution is 2.64. The molecule has 0 aromatic carbocycles. The van der Waals surface area contributed by atoms with E-state index in [4.69, 9.17) is 13.3 Å². The molecule has 20 heteroatoms. The van der Waals surface area contributed by atoms with Crippen LogP contribution in [0, 0.1) is 0 Å². The summed E-state index contributed by atoms with van der Waals surface area (Å²) in [5, 5.41) is -6.37. The van der Waals surface area contributed by atoms with Crippen LogP contribution in [0.3, 0.4) is 0 Å². The van der Waals surface area contributed by atoms with E-state index in [1.54, 1.807) is 0 Å². The van der Waals surface area contributed by atoms with E-state index in [0.29, 0.717) is 6.92 Å². The summed E-state index contributed by atoms with van der Waals surface area (Å²) in [5.74, 6) is -47.8. The highest BCUT2D eigenvalue weighted by Gasteiger charge is 2.93. The Morgan fingerprint density at radius 3 is 1.31 bits per heavy atom. The fourth-order valence-electron chi connectivity index (χ4n) is 2.39. The first-order valence-corrected chi connectivity index (χ1v) is 11.9. The van der Waals surface area contributed by atoms with Crippen molar-refractivity contribution in [2.45, 2.75) is 66.4 Å². The van der Waals surface area contributed by atoms with Crippen LogP contribution in [0.25, 0.3) is 0 Å². The van der Waals surface area contributed by atoms with Gasteiger partial charge in [0.25, 0.3) is 0 Å². The van der Waals surface area contributed by atoms with Crippen LogP contribution in [0.2, 0.25) is 6.04 Å². The third kappa shape index (κ3) is 5.36. The zero-order valence-corrected chi connectivity index (χ0v) is 19.8. The van der Waals surface area contributed by atoms with Gasteiger partial charge in [-0.25, -0.2) is 4.39 Å². The average molecular weight is 592 g/mol. The van der Waals surface area contributed by atoms with Gasteiger partial charge in [-0.15, -0.1) is 0 Å². The van der Waals surface area contributed by atoms with Crippen LogP contribution in [0.1, 0.15) is 13.3 Å². The summed E-state index contributed by atoms with van der Waals surface area (Å²) in [7, 11) is -1.10. The van der Waals surface area contributed by atoms with Gasteiger partial charge in [-0.2, -0.15) is 61.5 Å². The minimum absolute atomic E-state index is 0.347. The van der Waals surface area contributed by atoms with Crippen LogP contribution >= 0.6 is 11.8 Å². The number of alkyl halides is 15. The molecule has 0 aliphatic heterocycles. The minimum atomic E-state index is -8.24. The molecular formula is C15H19F15O3SSi. The molecule has 212 valence electrons. The van der Waals surface area contributed by atoms with Gasteiger partial charge in [0.1, 0.15) is 0 Å². The minimum Gasteiger partial charge on any atom is -0.377 e. The third-order valence-electron chi connectivity index (χ3n) is 4.74. The second-order valence-electron chi connectivity index (χ2n) is 6.78. The Hall–Kier alpha value is -0.603. The molecule has 0 bridgehead atoms. The Kier molecular flexibility index (Phi) is 10.5. The molecule has 0 aromatic heterocycles. The lowest BCUT2D eigenvalue weighted by atomic mass is 9.89. The average Bonchev–Trinajstić information content (AvgIpc) is 2.75. The van der Waals surface area contributed by atoms with Gasteiger partial charge in [-0.1, -0.05) is 18.7 Å². The van der Waals surface area contributed by atoms with Gasteiger partial charge in [0, 0.05) is 33.1 Å². The number of halogens is 15. The Morgan fingerprint density at radius 2 is 0.971 bits per heavy atom. The number of hydrogen-bond donors (Lipinski definition) is 0. The fraction of sp³-hybridized carbons (Fsp3) is 1.00. The predicted molar refractivity (Wildman–Crippen MR) is 93.9 cm³/mol. The van der Waals surface area contributed by atoms with E-state index in [0.717, 1.165) is 21.3 Å². The summed E-state index contributed by atoms with van der Waals surface area (Å²) in [4.78, 5) is 0. The molecule has 1 unspecified atom stereocenters. The zero-order chi connectivity index (χ0) is 28.5. The monoisotopic (exact) mass is 592 g/mol. The fourth-order valence-corrected chi connectivity index (χ4v) is 5.47. The van der Waals surface area contributed by atoms with E-state index in [2.05, 4.69) is 0 Å². The normalized spacial score (nSPS) is 16.5. The first-order valence-electron chi connectivity index (χ1n) is 8.95. The van der Waals surface area contributed by atoms with E-state index >= 15 is 0 Å². The number of thioether (sulfide) groups is 1. The molecule has 0 amide bonds. The highest BCUT2D eigenvalue weighted by molar-refractivity contribution is 8.00. The molecule has 0 heterocycles. The van der Waals surface area contributed by atoms with E-state index < -0.39 is 85.7 Å². The maximum Gasteiger partial charge on any atom is 0.500 e. The topological polar surface area (TPSA) is 27.7 Å². The Labute approximate surface area is 194 Å². The second-order valence-corrected chi connectivity index (χ2v) is 11.1. The molecule has 0 fully saturated rings. The lowest BCUT2D eigenvalue weighted by molar-refractivity contribution is -0.438. The van der Waals surface area contributed by atoms with E-state index in [-0.39, 0.29) is 0 Å². The number of hydrogen-bond acceptors (Lipinski definition) is 4. The molecule has 0 aromatic rings. The standard InChI is InChI=1S/C15H19F15O3SSi/c1-5-8(16)9(17,18)10(19,20)11(21,22)12(23,24)13(25,26)14(27,28)15(29,30)34-6-7-35(31-2,32-3)33-4/h8H,5-7H2,1-4H3. The van der Waals surface area contributed by atoms with Gasteiger partial charge in [0.2, 0.25) is 0 Å². The maximum absolute atomic E-state index is 13.9. The van der Waals surface area contributed by atoms with Gasteiger partial charge >= 0.3 is 49.6 Å². The van der Waals surface area contributed by atoms with Crippen molar-refractivity contribution in [2.24, 2.45) is 0 Å². The van der Waals surface area contributed by atoms with Gasteiger partial charge in [-0.05, 0) is 6.42 Å². The van der Waals surface area contributed by atoms with Gasteiger partial charge in [-0.3, -0.25) is 0 Å². The second kappa shape index (κ2) is 10.6. The van der Waals surface area contributed by atoms with Crippen molar-refractivity contribution >= 4 is 20.6 Å². The van der Waals surface area contributed by atoms with E-state index in [1.165, 1.54) is 0 Å². The lowest BCUT2D eigenvalue weighted by Gasteiger charge is -2.43. The molecule has 0 rings (SSSR count). The van der Waals surface area contributed by atoms with E-state index in [9.17, 15) is 65.9 Å². The van der Waals surface area contributed by atoms with Crippen LogP contribution in [0.15, 0.2) is 0 Å². The first-order chi connectivity index (χ1) is 15.4. The first kappa shape index (κ1) is 34.4. The predicted octanol–water partition coefficient (Wildman–Crippen LogP) is 6.75. The van der Waals surface area contributed by atoms with Gasteiger partial charge in [0.05, 0.1) is 0 Å². The summed E-state index contributed by atoms with van der Waals surface area (Å²) in [6.07, 6.45) is -6.04. The highest BCUT2D eigenvalue weighted by atomic mass is 32.2. The maximum atomic E-state index is 13.9. The van der Waals surface area contributed by atoms with Crippen LogP contribution in [-0.2, 0) is 13.3 Å². The van der Waals surface area contributed by atoms with Crippen molar-refractivity contribution in [2.75, 3.05) is 27.1 Å². The molecule has 0 saturated carbocycles. The molecule has 0 aliphatic carbocycles. The van der Waals surface area contributed by atoms with Crippen LogP contribution in [-0.4, -0.2) is 82.8 Å². The lowest BCUT2D eigenvalue weighted by Crippen LogP contribution is -2.73. The van der Waals surface area contributed by atoms with Crippen molar-refractivity contribution in [3.8, 4) is 0 Å². The molecule has 1 atom stereocenters. The van der Waals surface area contributed by atoms with Crippen molar-refractivity contribution in [1.82, 2.24) is 0 Å². The summed E-state index contributed by atoms with van der Waals surface area (Å²) in [6, 6.07) is -0.843. The Morgan fingerprint density at radius 1 is 0.629 bits per heavy atom. The Balaban J connectivity index is 6.30. The van der Waals surface area contributed by atoms with Gasteiger partial charge < -0.3 is 13.3 Å². The molecular weight excluding hydrogens is 573 g/mol. The largest absolute Gasteiger partial charge is 0.500 e. The number of rotatable bonds is 15. The molecule has 0 aliphatic rings. The molecule has 0 saturated heterocycles. The summed E-state index contributed by atoms with van der Waals surface area (Å²) in [5.41, 5.74) is 0. The SMILES string of the molecule is CCC(F)C(F)(F)C(F)(F)C(F)(F)C(F)(F)C(F)(F)C(F)(F)C(F)(F)SCC[Si](OC)(OC)OC. The molecule has 0 spiro atoms. The van der Waals surface area contributed by atoms with Crippen LogP contribution in [0.5, 0.6) is 0 Å².